The largest absolute Gasteiger partial charge is 0.322 e. The first-order chi connectivity index (χ1) is 12.0. The molecule has 0 spiro atoms. The van der Waals surface area contributed by atoms with Crippen LogP contribution in [0.15, 0.2) is 18.2 Å². The molecule has 2 heterocycles. The number of amides is 2. The second kappa shape index (κ2) is 8.58. The molecule has 2 aliphatic rings. The molecule has 5 nitrogen and oxygen atoms in total. The average molecular weight is 385 g/mol. The van der Waals surface area contributed by atoms with Crippen LogP contribution >= 0.6 is 23.2 Å². The fourth-order valence-corrected chi connectivity index (χ4v) is 4.00. The number of hydrogen-bond donors (Lipinski definition) is 1. The van der Waals surface area contributed by atoms with Gasteiger partial charge in [-0.05, 0) is 50.6 Å². The molecule has 0 aliphatic carbocycles. The number of rotatable bonds is 3. The maximum atomic E-state index is 12.4. The van der Waals surface area contributed by atoms with Gasteiger partial charge in [-0.1, -0.05) is 23.2 Å². The number of urea groups is 1. The SMILES string of the molecule is CN1CCC[C@H](CN2CCN(C(=O)Nc3ccc(Cl)c(Cl)c3)CC2)C1. The highest BCUT2D eigenvalue weighted by Gasteiger charge is 2.25. The molecule has 0 bridgehead atoms. The van der Waals surface area contributed by atoms with Gasteiger partial charge >= 0.3 is 6.03 Å². The summed E-state index contributed by atoms with van der Waals surface area (Å²) >= 11 is 11.9. The zero-order chi connectivity index (χ0) is 17.8. The van der Waals surface area contributed by atoms with Crippen LogP contribution in [0.3, 0.4) is 0 Å². The zero-order valence-electron chi connectivity index (χ0n) is 14.7. The van der Waals surface area contributed by atoms with Gasteiger partial charge in [0.25, 0.3) is 0 Å². The second-order valence-corrected chi connectivity index (χ2v) is 7.93. The summed E-state index contributed by atoms with van der Waals surface area (Å²) in [5, 5.41) is 3.83. The fraction of sp³-hybridized carbons (Fsp3) is 0.611. The van der Waals surface area contributed by atoms with Crippen LogP contribution < -0.4 is 5.32 Å². The van der Waals surface area contributed by atoms with Crippen LogP contribution in [0.4, 0.5) is 10.5 Å². The summed E-state index contributed by atoms with van der Waals surface area (Å²) in [5.74, 6) is 0.760. The van der Waals surface area contributed by atoms with Gasteiger partial charge in [-0.15, -0.1) is 0 Å². The standard InChI is InChI=1S/C18H26Cl2N4O/c1-22-6-2-3-14(12-22)13-23-7-9-24(10-8-23)18(25)21-15-4-5-16(19)17(20)11-15/h4-5,11,14H,2-3,6-10,12-13H2,1H3,(H,21,25)/t14-/m0/s1. The highest BCUT2D eigenvalue weighted by atomic mass is 35.5. The van der Waals surface area contributed by atoms with Crippen LogP contribution in [-0.2, 0) is 0 Å². The first kappa shape index (κ1) is 18.8. The van der Waals surface area contributed by atoms with Gasteiger partial charge in [-0.25, -0.2) is 4.79 Å². The molecule has 0 saturated carbocycles. The Labute approximate surface area is 159 Å². The van der Waals surface area contributed by atoms with Gasteiger partial charge in [0.05, 0.1) is 10.0 Å². The third-order valence-electron chi connectivity index (χ3n) is 5.07. The van der Waals surface area contributed by atoms with Crippen molar-refractivity contribution in [3.63, 3.8) is 0 Å². The quantitative estimate of drug-likeness (QED) is 0.866. The molecule has 3 rings (SSSR count). The van der Waals surface area contributed by atoms with E-state index in [4.69, 9.17) is 23.2 Å². The molecule has 138 valence electrons. The summed E-state index contributed by atoms with van der Waals surface area (Å²) in [6.45, 7) is 6.96. The van der Waals surface area contributed by atoms with Gasteiger partial charge in [-0.3, -0.25) is 4.90 Å². The minimum atomic E-state index is -0.0737. The van der Waals surface area contributed by atoms with Crippen LogP contribution in [0.25, 0.3) is 0 Å². The van der Waals surface area contributed by atoms with Gasteiger partial charge < -0.3 is 15.1 Å². The molecule has 0 aromatic heterocycles. The normalized spacial score (nSPS) is 22.8. The molecule has 7 heteroatoms. The van der Waals surface area contributed by atoms with Crippen LogP contribution in [0.5, 0.6) is 0 Å². The van der Waals surface area contributed by atoms with E-state index in [0.717, 1.165) is 38.6 Å². The summed E-state index contributed by atoms with van der Waals surface area (Å²) in [6, 6.07) is 5.06. The predicted molar refractivity (Wildman–Crippen MR) is 104 cm³/mol. The van der Waals surface area contributed by atoms with Crippen molar-refractivity contribution in [3.8, 4) is 0 Å². The van der Waals surface area contributed by atoms with Gasteiger partial charge in [0, 0.05) is 45.0 Å². The topological polar surface area (TPSA) is 38.8 Å². The van der Waals surface area contributed by atoms with Crippen molar-refractivity contribution in [2.75, 3.05) is 58.2 Å². The van der Waals surface area contributed by atoms with Crippen molar-refractivity contribution in [2.24, 2.45) is 5.92 Å². The zero-order valence-corrected chi connectivity index (χ0v) is 16.2. The molecule has 2 fully saturated rings. The number of piperidine rings is 1. The predicted octanol–water partition coefficient (Wildman–Crippen LogP) is 3.48. The number of piperazine rings is 1. The number of nitrogens with zero attached hydrogens (tertiary/aromatic N) is 3. The minimum Gasteiger partial charge on any atom is -0.322 e. The first-order valence-electron chi connectivity index (χ1n) is 8.93. The second-order valence-electron chi connectivity index (χ2n) is 7.12. The molecule has 0 radical (unpaired) electrons. The van der Waals surface area contributed by atoms with Gasteiger partial charge in [-0.2, -0.15) is 0 Å². The van der Waals surface area contributed by atoms with E-state index in [2.05, 4.69) is 22.2 Å². The first-order valence-corrected chi connectivity index (χ1v) is 9.69. The number of likely N-dealkylation sites (tertiary alicyclic amines) is 1. The number of carbonyl (C=O) groups excluding carboxylic acids is 1. The summed E-state index contributed by atoms with van der Waals surface area (Å²) in [6.07, 6.45) is 2.62. The van der Waals surface area contributed by atoms with E-state index in [-0.39, 0.29) is 6.03 Å². The summed E-state index contributed by atoms with van der Waals surface area (Å²) in [5.41, 5.74) is 0.673. The van der Waals surface area contributed by atoms with E-state index in [1.165, 1.54) is 25.9 Å². The third-order valence-corrected chi connectivity index (χ3v) is 5.81. The molecule has 1 atom stereocenters. The van der Waals surface area contributed by atoms with Crippen LogP contribution in [0.1, 0.15) is 12.8 Å². The summed E-state index contributed by atoms with van der Waals surface area (Å²) in [4.78, 5) is 19.2. The minimum absolute atomic E-state index is 0.0737. The lowest BCUT2D eigenvalue weighted by Gasteiger charge is -2.38. The van der Waals surface area contributed by atoms with Crippen molar-refractivity contribution in [3.05, 3.63) is 28.2 Å². The van der Waals surface area contributed by atoms with Crippen molar-refractivity contribution in [1.82, 2.24) is 14.7 Å². The highest BCUT2D eigenvalue weighted by molar-refractivity contribution is 6.42. The lowest BCUT2D eigenvalue weighted by Crippen LogP contribution is -2.51. The lowest BCUT2D eigenvalue weighted by atomic mass is 9.97. The van der Waals surface area contributed by atoms with Gasteiger partial charge in [0.15, 0.2) is 0 Å². The number of nitrogens with one attached hydrogen (secondary N) is 1. The maximum Gasteiger partial charge on any atom is 0.321 e. The molecule has 1 aromatic rings. The van der Waals surface area contributed by atoms with E-state index >= 15 is 0 Å². The molecular formula is C18H26Cl2N4O. The lowest BCUT2D eigenvalue weighted by molar-refractivity contribution is 0.109. The van der Waals surface area contributed by atoms with Crippen molar-refractivity contribution in [2.45, 2.75) is 12.8 Å². The summed E-state index contributed by atoms with van der Waals surface area (Å²) < 4.78 is 0. The Morgan fingerprint density at radius 2 is 1.92 bits per heavy atom. The number of anilines is 1. The van der Waals surface area contributed by atoms with Crippen molar-refractivity contribution in [1.29, 1.82) is 0 Å². The van der Waals surface area contributed by atoms with Gasteiger partial charge in [0.1, 0.15) is 0 Å². The molecular weight excluding hydrogens is 359 g/mol. The highest BCUT2D eigenvalue weighted by Crippen LogP contribution is 2.25. The average Bonchev–Trinajstić information content (AvgIpc) is 2.59. The summed E-state index contributed by atoms with van der Waals surface area (Å²) in [7, 11) is 2.21. The number of halogens is 2. The molecule has 2 saturated heterocycles. The molecule has 1 aromatic carbocycles. The Bertz CT molecular complexity index is 605. The Morgan fingerprint density at radius 3 is 2.60 bits per heavy atom. The number of benzene rings is 1. The fourth-order valence-electron chi connectivity index (χ4n) is 3.70. The molecule has 1 N–H and O–H groups in total. The van der Waals surface area contributed by atoms with Crippen LogP contribution in [-0.4, -0.2) is 73.6 Å². The number of carbonyl (C=O) groups is 1. The van der Waals surface area contributed by atoms with E-state index in [1.54, 1.807) is 18.2 Å². The molecule has 0 unspecified atom stereocenters. The van der Waals surface area contributed by atoms with E-state index < -0.39 is 0 Å². The van der Waals surface area contributed by atoms with E-state index in [1.807, 2.05) is 4.90 Å². The van der Waals surface area contributed by atoms with Crippen molar-refractivity contribution < 1.29 is 4.79 Å². The number of hydrogen-bond acceptors (Lipinski definition) is 3. The van der Waals surface area contributed by atoms with Gasteiger partial charge in [0.2, 0.25) is 0 Å². The molecule has 2 aliphatic heterocycles. The monoisotopic (exact) mass is 384 g/mol. The Hall–Kier alpha value is -1.01. The van der Waals surface area contributed by atoms with Crippen LogP contribution in [0, 0.1) is 5.92 Å². The van der Waals surface area contributed by atoms with E-state index in [9.17, 15) is 4.79 Å². The Balaban J connectivity index is 1.45. The maximum absolute atomic E-state index is 12.4. The molecule has 2 amide bonds. The molecule has 25 heavy (non-hydrogen) atoms. The van der Waals surface area contributed by atoms with Crippen molar-refractivity contribution >= 4 is 34.9 Å². The van der Waals surface area contributed by atoms with E-state index in [0.29, 0.717) is 15.7 Å². The van der Waals surface area contributed by atoms with Crippen LogP contribution in [0.2, 0.25) is 10.0 Å². The smallest absolute Gasteiger partial charge is 0.321 e. The third kappa shape index (κ3) is 5.23. The Morgan fingerprint density at radius 1 is 1.16 bits per heavy atom. The Kier molecular flexibility index (Phi) is 6.44.